The van der Waals surface area contributed by atoms with Crippen LogP contribution in [-0.2, 0) is 17.8 Å². The zero-order valence-corrected chi connectivity index (χ0v) is 14.1. The Kier molecular flexibility index (Phi) is 7.74. The molecule has 0 radical (unpaired) electrons. The number of aliphatic imine (C=N–C) groups is 1. The van der Waals surface area contributed by atoms with Gasteiger partial charge in [-0.15, -0.1) is 11.3 Å². The maximum absolute atomic E-state index is 11.5. The zero-order chi connectivity index (χ0) is 15.7. The molecule has 1 heterocycles. The molecule has 0 atom stereocenters. The van der Waals surface area contributed by atoms with Crippen molar-refractivity contribution in [1.82, 2.24) is 20.5 Å². The molecule has 1 aromatic rings. The molecule has 0 bridgehead atoms. The second-order valence-electron chi connectivity index (χ2n) is 4.73. The average molecular weight is 311 g/mol. The molecule has 2 N–H and O–H groups in total. The molecule has 0 aromatic carbocycles. The second kappa shape index (κ2) is 9.33. The molecule has 0 spiro atoms. The number of rotatable bonds is 7. The van der Waals surface area contributed by atoms with Gasteiger partial charge in [-0.25, -0.2) is 9.98 Å². The van der Waals surface area contributed by atoms with Crippen LogP contribution in [0, 0.1) is 0 Å². The van der Waals surface area contributed by atoms with E-state index in [4.69, 9.17) is 0 Å². The summed E-state index contributed by atoms with van der Waals surface area (Å²) in [5.41, 5.74) is 0. The van der Waals surface area contributed by atoms with Crippen LogP contribution in [-0.4, -0.2) is 48.9 Å². The summed E-state index contributed by atoms with van der Waals surface area (Å²) in [6.07, 6.45) is 3.37. The van der Waals surface area contributed by atoms with Gasteiger partial charge in [0.1, 0.15) is 5.01 Å². The lowest BCUT2D eigenvalue weighted by Gasteiger charge is -2.13. The van der Waals surface area contributed by atoms with Gasteiger partial charge in [0.25, 0.3) is 0 Å². The van der Waals surface area contributed by atoms with Crippen LogP contribution in [0.2, 0.25) is 0 Å². The summed E-state index contributed by atoms with van der Waals surface area (Å²) in [7, 11) is 3.52. The van der Waals surface area contributed by atoms with Crippen LogP contribution < -0.4 is 10.6 Å². The molecule has 6 nitrogen and oxygen atoms in total. The predicted octanol–water partition coefficient (Wildman–Crippen LogP) is 1.24. The fraction of sp³-hybridized carbons (Fsp3) is 0.643. The number of hydrogen-bond acceptors (Lipinski definition) is 4. The first-order valence-corrected chi connectivity index (χ1v) is 8.04. The number of nitrogens with zero attached hydrogens (tertiary/aromatic N) is 3. The monoisotopic (exact) mass is 311 g/mol. The Labute approximate surface area is 130 Å². The quantitative estimate of drug-likeness (QED) is 0.587. The first-order chi connectivity index (χ1) is 10.1. The van der Waals surface area contributed by atoms with Crippen LogP contribution in [0.1, 0.15) is 30.2 Å². The van der Waals surface area contributed by atoms with E-state index in [0.29, 0.717) is 19.5 Å². The van der Waals surface area contributed by atoms with Crippen LogP contribution in [0.25, 0.3) is 0 Å². The Morgan fingerprint density at radius 3 is 2.71 bits per heavy atom. The highest BCUT2D eigenvalue weighted by molar-refractivity contribution is 7.11. The van der Waals surface area contributed by atoms with Crippen LogP contribution in [0.4, 0.5) is 0 Å². The van der Waals surface area contributed by atoms with E-state index in [0.717, 1.165) is 23.9 Å². The standard InChI is InChI=1S/C14H25N5OS/c1-5-11-9-17-12(21-11)10-18-14(15-6-2)16-8-7-13(20)19(3)4/h9H,5-8,10H2,1-4H3,(H2,15,16,18). The predicted molar refractivity (Wildman–Crippen MR) is 87.6 cm³/mol. The molecule has 0 fully saturated rings. The lowest BCUT2D eigenvalue weighted by Crippen LogP contribution is -2.39. The molecule has 0 aliphatic rings. The number of nitrogens with one attached hydrogen (secondary N) is 2. The molecular weight excluding hydrogens is 286 g/mol. The number of guanidine groups is 1. The van der Waals surface area contributed by atoms with Gasteiger partial charge < -0.3 is 15.5 Å². The van der Waals surface area contributed by atoms with E-state index in [1.54, 1.807) is 30.3 Å². The van der Waals surface area contributed by atoms with Gasteiger partial charge in [0.15, 0.2) is 5.96 Å². The number of aryl methyl sites for hydroxylation is 1. The van der Waals surface area contributed by atoms with Crippen LogP contribution >= 0.6 is 11.3 Å². The van der Waals surface area contributed by atoms with Gasteiger partial charge in [-0.1, -0.05) is 6.92 Å². The molecule has 1 aromatic heterocycles. The highest BCUT2D eigenvalue weighted by atomic mass is 32.1. The van der Waals surface area contributed by atoms with Crippen molar-refractivity contribution in [2.45, 2.75) is 33.2 Å². The zero-order valence-electron chi connectivity index (χ0n) is 13.3. The molecule has 0 aliphatic carbocycles. The SMILES string of the molecule is CCNC(=NCc1ncc(CC)s1)NCCC(=O)N(C)C. The van der Waals surface area contributed by atoms with Crippen molar-refractivity contribution in [3.63, 3.8) is 0 Å². The minimum absolute atomic E-state index is 0.103. The molecule has 118 valence electrons. The van der Waals surface area contributed by atoms with Crippen molar-refractivity contribution in [2.24, 2.45) is 4.99 Å². The van der Waals surface area contributed by atoms with Gasteiger partial charge in [-0.05, 0) is 13.3 Å². The van der Waals surface area contributed by atoms with Crippen molar-refractivity contribution in [2.75, 3.05) is 27.2 Å². The van der Waals surface area contributed by atoms with Crippen LogP contribution in [0.3, 0.4) is 0 Å². The molecule has 7 heteroatoms. The van der Waals surface area contributed by atoms with E-state index in [2.05, 4.69) is 27.5 Å². The summed E-state index contributed by atoms with van der Waals surface area (Å²) in [6, 6.07) is 0. The third kappa shape index (κ3) is 6.57. The lowest BCUT2D eigenvalue weighted by molar-refractivity contribution is -0.128. The summed E-state index contributed by atoms with van der Waals surface area (Å²) in [5, 5.41) is 7.34. The maximum Gasteiger partial charge on any atom is 0.223 e. The van der Waals surface area contributed by atoms with E-state index in [1.807, 2.05) is 13.1 Å². The number of hydrogen-bond donors (Lipinski definition) is 2. The number of thiazole rings is 1. The highest BCUT2D eigenvalue weighted by Gasteiger charge is 2.05. The van der Waals surface area contributed by atoms with Gasteiger partial charge in [0.05, 0.1) is 6.54 Å². The Hall–Kier alpha value is -1.63. The van der Waals surface area contributed by atoms with E-state index < -0.39 is 0 Å². The van der Waals surface area contributed by atoms with E-state index in [1.165, 1.54) is 4.88 Å². The Bertz CT molecular complexity index is 470. The molecule has 0 aliphatic heterocycles. The summed E-state index contributed by atoms with van der Waals surface area (Å²) in [6.45, 7) is 6.04. The van der Waals surface area contributed by atoms with E-state index >= 15 is 0 Å². The summed E-state index contributed by atoms with van der Waals surface area (Å²) >= 11 is 1.69. The molecule has 0 unspecified atom stereocenters. The lowest BCUT2D eigenvalue weighted by atomic mass is 10.4. The molecule has 0 saturated carbocycles. The smallest absolute Gasteiger partial charge is 0.223 e. The van der Waals surface area contributed by atoms with Crippen LogP contribution in [0.15, 0.2) is 11.2 Å². The largest absolute Gasteiger partial charge is 0.357 e. The molecule has 21 heavy (non-hydrogen) atoms. The summed E-state index contributed by atoms with van der Waals surface area (Å²) in [5.74, 6) is 0.822. The van der Waals surface area contributed by atoms with Crippen molar-refractivity contribution < 1.29 is 4.79 Å². The Morgan fingerprint density at radius 2 is 2.14 bits per heavy atom. The van der Waals surface area contributed by atoms with E-state index in [-0.39, 0.29) is 5.91 Å². The van der Waals surface area contributed by atoms with Gasteiger partial charge in [0.2, 0.25) is 5.91 Å². The third-order valence-electron chi connectivity index (χ3n) is 2.80. The molecule has 1 amide bonds. The topological polar surface area (TPSA) is 69.6 Å². The number of carbonyl (C=O) groups excluding carboxylic acids is 1. The van der Waals surface area contributed by atoms with Crippen LogP contribution in [0.5, 0.6) is 0 Å². The van der Waals surface area contributed by atoms with Gasteiger partial charge in [-0.3, -0.25) is 4.79 Å². The average Bonchev–Trinajstić information content (AvgIpc) is 2.92. The number of aromatic nitrogens is 1. The van der Waals surface area contributed by atoms with Gasteiger partial charge >= 0.3 is 0 Å². The first kappa shape index (κ1) is 17.4. The van der Waals surface area contributed by atoms with Crippen molar-refractivity contribution in [3.05, 3.63) is 16.1 Å². The van der Waals surface area contributed by atoms with Crippen molar-refractivity contribution >= 4 is 23.2 Å². The minimum Gasteiger partial charge on any atom is -0.357 e. The number of amides is 1. The fourth-order valence-corrected chi connectivity index (χ4v) is 2.37. The van der Waals surface area contributed by atoms with Crippen molar-refractivity contribution in [1.29, 1.82) is 0 Å². The Morgan fingerprint density at radius 1 is 1.38 bits per heavy atom. The minimum atomic E-state index is 0.103. The fourth-order valence-electron chi connectivity index (χ4n) is 1.58. The normalized spacial score (nSPS) is 11.3. The first-order valence-electron chi connectivity index (χ1n) is 7.22. The van der Waals surface area contributed by atoms with E-state index in [9.17, 15) is 4.79 Å². The van der Waals surface area contributed by atoms with Crippen molar-refractivity contribution in [3.8, 4) is 0 Å². The molecule has 1 rings (SSSR count). The highest BCUT2D eigenvalue weighted by Crippen LogP contribution is 2.13. The molecule has 0 saturated heterocycles. The summed E-state index contributed by atoms with van der Waals surface area (Å²) < 4.78 is 0. The number of carbonyl (C=O) groups is 1. The second-order valence-corrected chi connectivity index (χ2v) is 5.93. The van der Waals surface area contributed by atoms with Gasteiger partial charge in [-0.2, -0.15) is 0 Å². The Balaban J connectivity index is 2.47. The summed E-state index contributed by atoms with van der Waals surface area (Å²) in [4.78, 5) is 23.2. The third-order valence-corrected chi connectivity index (χ3v) is 3.92. The van der Waals surface area contributed by atoms with Gasteiger partial charge in [0, 0.05) is 44.7 Å². The maximum atomic E-state index is 11.5. The molecular formula is C14H25N5OS.